The minimum absolute atomic E-state index is 0.0428. The molecule has 0 aromatic heterocycles. The summed E-state index contributed by atoms with van der Waals surface area (Å²) in [5.74, 6) is -0.459. The number of rotatable bonds is 1. The predicted molar refractivity (Wildman–Crippen MR) is 74.2 cm³/mol. The Labute approximate surface area is 119 Å². The minimum Gasteiger partial charge on any atom is -0.444 e. The molecule has 1 atom stereocenters. The second-order valence-electron chi connectivity index (χ2n) is 7.11. The van der Waals surface area contributed by atoms with Crippen LogP contribution in [0.1, 0.15) is 48.0 Å². The highest BCUT2D eigenvalue weighted by Crippen LogP contribution is 2.19. The predicted octanol–water partition coefficient (Wildman–Crippen LogP) is 1.48. The number of likely N-dealkylation sites (tertiary alicyclic amines) is 1. The van der Waals surface area contributed by atoms with Crippen molar-refractivity contribution in [1.82, 2.24) is 10.2 Å². The fourth-order valence-corrected chi connectivity index (χ4v) is 1.89. The van der Waals surface area contributed by atoms with E-state index in [2.05, 4.69) is 5.32 Å². The van der Waals surface area contributed by atoms with Crippen LogP contribution in [-0.2, 0) is 14.3 Å². The van der Waals surface area contributed by atoms with E-state index in [0.717, 1.165) is 0 Å². The lowest BCUT2D eigenvalue weighted by Gasteiger charge is -2.29. The van der Waals surface area contributed by atoms with E-state index in [-0.39, 0.29) is 24.7 Å². The van der Waals surface area contributed by atoms with Crippen molar-refractivity contribution in [2.75, 3.05) is 6.54 Å². The Morgan fingerprint density at radius 3 is 2.20 bits per heavy atom. The zero-order valence-electron chi connectivity index (χ0n) is 13.1. The molecule has 20 heavy (non-hydrogen) atoms. The van der Waals surface area contributed by atoms with Gasteiger partial charge in [-0.1, -0.05) is 0 Å². The Kier molecular flexibility index (Phi) is 4.46. The molecule has 6 heteroatoms. The van der Waals surface area contributed by atoms with Gasteiger partial charge in [-0.25, -0.2) is 4.79 Å². The Hall–Kier alpha value is -1.59. The molecule has 1 heterocycles. The van der Waals surface area contributed by atoms with Crippen LogP contribution in [0.3, 0.4) is 0 Å². The number of ether oxygens (including phenoxy) is 1. The van der Waals surface area contributed by atoms with Crippen LogP contribution in [0.4, 0.5) is 4.79 Å². The van der Waals surface area contributed by atoms with E-state index in [1.807, 2.05) is 20.8 Å². The molecule has 0 saturated carbocycles. The largest absolute Gasteiger partial charge is 0.444 e. The van der Waals surface area contributed by atoms with Crippen LogP contribution in [0.2, 0.25) is 0 Å². The van der Waals surface area contributed by atoms with Crippen LogP contribution in [-0.4, -0.2) is 46.4 Å². The highest BCUT2D eigenvalue weighted by atomic mass is 16.6. The minimum atomic E-state index is -0.781. The van der Waals surface area contributed by atoms with E-state index in [9.17, 15) is 14.4 Å². The number of Topliss-reactive ketones (excluding diaryl/α,β-unsaturated/α-hetero) is 1. The molecule has 1 rings (SSSR count). The van der Waals surface area contributed by atoms with Crippen LogP contribution in [0.5, 0.6) is 0 Å². The normalized spacial score (nSPS) is 20.0. The number of nitrogens with zero attached hydrogens (tertiary/aromatic N) is 1. The lowest BCUT2D eigenvalue weighted by Crippen LogP contribution is -2.52. The zero-order valence-corrected chi connectivity index (χ0v) is 13.1. The summed E-state index contributed by atoms with van der Waals surface area (Å²) in [6.45, 7) is 10.7. The quantitative estimate of drug-likeness (QED) is 0.791. The van der Waals surface area contributed by atoms with E-state index in [0.29, 0.717) is 0 Å². The lowest BCUT2D eigenvalue weighted by molar-refractivity contribution is -0.127. The van der Waals surface area contributed by atoms with Gasteiger partial charge in [-0.3, -0.25) is 14.5 Å². The fraction of sp³-hybridized carbons (Fsp3) is 0.786. The third kappa shape index (κ3) is 4.83. The molecular weight excluding hydrogens is 260 g/mol. The molecule has 1 aliphatic heterocycles. The molecule has 0 radical (unpaired) electrons. The third-order valence-corrected chi connectivity index (χ3v) is 2.57. The van der Waals surface area contributed by atoms with E-state index < -0.39 is 23.3 Å². The van der Waals surface area contributed by atoms with Gasteiger partial charge in [-0.05, 0) is 41.5 Å². The Bertz CT molecular complexity index is 380. The Morgan fingerprint density at radius 2 is 1.75 bits per heavy atom. The van der Waals surface area contributed by atoms with Gasteiger partial charge in [-0.15, -0.1) is 0 Å². The summed E-state index contributed by atoms with van der Waals surface area (Å²) in [4.78, 5) is 37.0. The van der Waals surface area contributed by atoms with Crippen molar-refractivity contribution in [3.05, 3.63) is 0 Å². The van der Waals surface area contributed by atoms with Gasteiger partial charge in [0.2, 0.25) is 5.91 Å². The Morgan fingerprint density at radius 1 is 1.20 bits per heavy atom. The molecule has 0 aliphatic carbocycles. The van der Waals surface area contributed by atoms with Gasteiger partial charge in [0.15, 0.2) is 5.78 Å². The maximum absolute atomic E-state index is 12.2. The summed E-state index contributed by atoms with van der Waals surface area (Å²) in [6.07, 6.45) is -0.585. The van der Waals surface area contributed by atoms with Gasteiger partial charge in [0.25, 0.3) is 0 Å². The van der Waals surface area contributed by atoms with Crippen molar-refractivity contribution >= 4 is 17.8 Å². The molecule has 0 bridgehead atoms. The third-order valence-electron chi connectivity index (χ3n) is 2.57. The van der Waals surface area contributed by atoms with Gasteiger partial charge < -0.3 is 10.1 Å². The molecule has 0 aromatic rings. The van der Waals surface area contributed by atoms with Gasteiger partial charge in [0.1, 0.15) is 11.6 Å². The first-order valence-corrected chi connectivity index (χ1v) is 6.72. The second-order valence-corrected chi connectivity index (χ2v) is 7.11. The van der Waals surface area contributed by atoms with Gasteiger partial charge in [0, 0.05) is 12.0 Å². The first-order chi connectivity index (χ1) is 8.89. The summed E-state index contributed by atoms with van der Waals surface area (Å²) in [6, 6.07) is -0.781. The van der Waals surface area contributed by atoms with Gasteiger partial charge in [0.05, 0.1) is 6.54 Å². The average Bonchev–Trinajstić information content (AvgIpc) is 2.55. The van der Waals surface area contributed by atoms with Crippen LogP contribution in [0.15, 0.2) is 0 Å². The SMILES string of the molecule is CC(C)(C)NC(=O)[C@@H]1CC(=O)CN1C(=O)OC(C)(C)C. The number of hydrogen-bond acceptors (Lipinski definition) is 4. The highest BCUT2D eigenvalue weighted by Gasteiger charge is 2.41. The number of nitrogens with one attached hydrogen (secondary N) is 1. The summed E-state index contributed by atoms with van der Waals surface area (Å²) < 4.78 is 5.24. The van der Waals surface area contributed by atoms with E-state index in [4.69, 9.17) is 4.74 Å². The van der Waals surface area contributed by atoms with Crippen molar-refractivity contribution in [1.29, 1.82) is 0 Å². The molecule has 0 unspecified atom stereocenters. The number of carbonyl (C=O) groups is 3. The van der Waals surface area contributed by atoms with Crippen molar-refractivity contribution in [3.8, 4) is 0 Å². The summed E-state index contributed by atoms with van der Waals surface area (Å²) >= 11 is 0. The van der Waals surface area contributed by atoms with Crippen molar-refractivity contribution in [3.63, 3.8) is 0 Å². The molecule has 1 N–H and O–H groups in total. The number of ketones is 1. The molecule has 1 fully saturated rings. The summed E-state index contributed by atoms with van der Waals surface area (Å²) in [5, 5.41) is 2.79. The second kappa shape index (κ2) is 5.42. The lowest BCUT2D eigenvalue weighted by atomic mass is 10.1. The van der Waals surface area contributed by atoms with Crippen LogP contribution < -0.4 is 5.32 Å². The monoisotopic (exact) mass is 284 g/mol. The molecule has 2 amide bonds. The first-order valence-electron chi connectivity index (χ1n) is 6.72. The summed E-state index contributed by atoms with van der Waals surface area (Å²) in [5.41, 5.74) is -1.07. The van der Waals surface area contributed by atoms with E-state index >= 15 is 0 Å². The smallest absolute Gasteiger partial charge is 0.411 e. The standard InChI is InChI=1S/C14H24N2O4/c1-13(2,3)15-11(18)10-7-9(17)8-16(10)12(19)20-14(4,5)6/h10H,7-8H2,1-6H3,(H,15,18)/t10-/m0/s1. The topological polar surface area (TPSA) is 75.7 Å². The van der Waals surface area contributed by atoms with Crippen molar-refractivity contribution in [2.24, 2.45) is 0 Å². The summed E-state index contributed by atoms with van der Waals surface area (Å²) in [7, 11) is 0. The van der Waals surface area contributed by atoms with E-state index in [1.165, 1.54) is 4.90 Å². The van der Waals surface area contributed by atoms with Crippen LogP contribution in [0, 0.1) is 0 Å². The average molecular weight is 284 g/mol. The first kappa shape index (κ1) is 16.5. The Balaban J connectivity index is 2.81. The molecule has 114 valence electrons. The van der Waals surface area contributed by atoms with Crippen LogP contribution in [0.25, 0.3) is 0 Å². The van der Waals surface area contributed by atoms with Crippen molar-refractivity contribution in [2.45, 2.75) is 65.1 Å². The molecule has 6 nitrogen and oxygen atoms in total. The maximum Gasteiger partial charge on any atom is 0.411 e. The fourth-order valence-electron chi connectivity index (χ4n) is 1.89. The van der Waals surface area contributed by atoms with Crippen LogP contribution >= 0.6 is 0 Å². The molecule has 1 saturated heterocycles. The van der Waals surface area contributed by atoms with E-state index in [1.54, 1.807) is 20.8 Å². The molecule has 1 aliphatic rings. The van der Waals surface area contributed by atoms with Gasteiger partial charge >= 0.3 is 6.09 Å². The number of amides is 2. The maximum atomic E-state index is 12.2. The number of carbonyl (C=O) groups excluding carboxylic acids is 3. The van der Waals surface area contributed by atoms with Gasteiger partial charge in [-0.2, -0.15) is 0 Å². The molecular formula is C14H24N2O4. The zero-order chi connectivity index (χ0) is 15.7. The molecule has 0 aromatic carbocycles. The molecule has 0 spiro atoms. The highest BCUT2D eigenvalue weighted by molar-refractivity contribution is 5.97. The number of hydrogen-bond donors (Lipinski definition) is 1. The van der Waals surface area contributed by atoms with Crippen molar-refractivity contribution < 1.29 is 19.1 Å².